The van der Waals surface area contributed by atoms with Gasteiger partial charge in [0.15, 0.2) is 5.60 Å². The van der Waals surface area contributed by atoms with Crippen molar-refractivity contribution in [2.24, 2.45) is 7.05 Å². The summed E-state index contributed by atoms with van der Waals surface area (Å²) in [5.74, 6) is 0. The van der Waals surface area contributed by atoms with Gasteiger partial charge in [0, 0.05) is 24.2 Å². The second kappa shape index (κ2) is 8.89. The molecule has 1 unspecified atom stereocenters. The summed E-state index contributed by atoms with van der Waals surface area (Å²) >= 11 is 13.3. The van der Waals surface area contributed by atoms with Crippen LogP contribution in [0.25, 0.3) is 22.0 Å². The highest BCUT2D eigenvalue weighted by Gasteiger charge is 2.40. The minimum Gasteiger partial charge on any atom is -0.374 e. The molecule has 0 saturated carbocycles. The van der Waals surface area contributed by atoms with Gasteiger partial charge in [-0.25, -0.2) is 9.97 Å². The van der Waals surface area contributed by atoms with E-state index in [-0.39, 0.29) is 22.0 Å². The molecule has 0 saturated heterocycles. The van der Waals surface area contributed by atoms with Crippen LogP contribution in [0.3, 0.4) is 0 Å². The number of hydrogen-bond donors (Lipinski definition) is 1. The Labute approximate surface area is 213 Å². The zero-order valence-corrected chi connectivity index (χ0v) is 20.1. The van der Waals surface area contributed by atoms with Crippen molar-refractivity contribution in [1.29, 1.82) is 0 Å². The molecule has 5 nitrogen and oxygen atoms in total. The number of aromatic nitrogens is 4. The molecule has 0 fully saturated rings. The molecule has 0 spiro atoms. The van der Waals surface area contributed by atoms with E-state index in [2.05, 4.69) is 15.0 Å². The third-order valence-corrected chi connectivity index (χ3v) is 6.68. The van der Waals surface area contributed by atoms with E-state index >= 15 is 0 Å². The predicted molar refractivity (Wildman–Crippen MR) is 132 cm³/mol. The summed E-state index contributed by atoms with van der Waals surface area (Å²) in [5.41, 5.74) is -0.933. The van der Waals surface area contributed by atoms with Crippen molar-refractivity contribution < 1.29 is 18.3 Å². The van der Waals surface area contributed by atoms with Gasteiger partial charge < -0.3 is 9.67 Å². The number of nitrogens with zero attached hydrogens (tertiary/aromatic N) is 4. The monoisotopic (exact) mass is 528 g/mol. The molecule has 1 atom stereocenters. The standard InChI is InChI=1S/C26H17Cl2F3N4O/c1-35-14-32-13-21(35)25(36,17-9-10-33-20(12-17)26(29,30)31)16-7-8-19-18(11-16)23(27)22(24(28)34-19)15-5-3-2-4-6-15/h2-14,36H,1H3. The Bertz CT molecular complexity index is 1590. The van der Waals surface area contributed by atoms with E-state index in [0.29, 0.717) is 21.5 Å². The van der Waals surface area contributed by atoms with E-state index < -0.39 is 17.5 Å². The van der Waals surface area contributed by atoms with Crippen molar-refractivity contribution >= 4 is 34.1 Å². The molecule has 0 amide bonds. The quantitative estimate of drug-likeness (QED) is 0.265. The average Bonchev–Trinajstić information content (AvgIpc) is 3.30. The van der Waals surface area contributed by atoms with Crippen LogP contribution in [-0.4, -0.2) is 24.6 Å². The second-order valence-corrected chi connectivity index (χ2v) is 8.95. The first-order valence-electron chi connectivity index (χ1n) is 10.7. The van der Waals surface area contributed by atoms with Gasteiger partial charge in [0.2, 0.25) is 0 Å². The molecule has 1 N–H and O–H groups in total. The van der Waals surface area contributed by atoms with Crippen molar-refractivity contribution in [3.05, 3.63) is 112 Å². The van der Waals surface area contributed by atoms with Gasteiger partial charge in [0.1, 0.15) is 10.8 Å². The summed E-state index contributed by atoms with van der Waals surface area (Å²) in [6.45, 7) is 0. The Hall–Kier alpha value is -3.46. The summed E-state index contributed by atoms with van der Waals surface area (Å²) in [5, 5.41) is 13.1. The summed E-state index contributed by atoms with van der Waals surface area (Å²) < 4.78 is 42.0. The van der Waals surface area contributed by atoms with Crippen LogP contribution in [-0.2, 0) is 18.8 Å². The predicted octanol–water partition coefficient (Wildman–Crippen LogP) is 6.64. The number of aryl methyl sites for hydroxylation is 1. The Morgan fingerprint density at radius 3 is 2.33 bits per heavy atom. The van der Waals surface area contributed by atoms with Gasteiger partial charge in [-0.15, -0.1) is 0 Å². The number of rotatable bonds is 4. The van der Waals surface area contributed by atoms with Gasteiger partial charge in [0.25, 0.3) is 0 Å². The number of alkyl halides is 3. The summed E-state index contributed by atoms with van der Waals surface area (Å²) in [7, 11) is 1.64. The molecular weight excluding hydrogens is 512 g/mol. The molecule has 3 heterocycles. The van der Waals surface area contributed by atoms with Crippen LogP contribution in [0.4, 0.5) is 13.2 Å². The van der Waals surface area contributed by atoms with Crippen LogP contribution >= 0.6 is 23.2 Å². The Balaban J connectivity index is 1.78. The maximum Gasteiger partial charge on any atom is 0.433 e. The fourth-order valence-corrected chi connectivity index (χ4v) is 4.94. The lowest BCUT2D eigenvalue weighted by Crippen LogP contribution is -2.31. The first-order valence-corrected chi connectivity index (χ1v) is 11.4. The fourth-order valence-electron chi connectivity index (χ4n) is 4.25. The van der Waals surface area contributed by atoms with Crippen LogP contribution in [0, 0.1) is 0 Å². The SMILES string of the molecule is Cn1cncc1C(O)(c1ccnc(C(F)(F)F)c1)c1ccc2nc(Cl)c(-c3ccccc3)c(Cl)c2c1. The molecule has 0 radical (unpaired) electrons. The highest BCUT2D eigenvalue weighted by molar-refractivity contribution is 6.42. The Kier molecular flexibility index (Phi) is 5.98. The molecule has 0 aliphatic heterocycles. The Morgan fingerprint density at radius 1 is 0.944 bits per heavy atom. The molecule has 0 aliphatic rings. The van der Waals surface area contributed by atoms with Gasteiger partial charge >= 0.3 is 6.18 Å². The molecule has 10 heteroatoms. The first kappa shape index (κ1) is 24.2. The van der Waals surface area contributed by atoms with Gasteiger partial charge in [-0.1, -0.05) is 59.6 Å². The van der Waals surface area contributed by atoms with Crippen molar-refractivity contribution in [1.82, 2.24) is 19.5 Å². The summed E-state index contributed by atoms with van der Waals surface area (Å²) in [6, 6.07) is 16.2. The van der Waals surface area contributed by atoms with Gasteiger partial charge in [0.05, 0.1) is 28.8 Å². The van der Waals surface area contributed by atoms with E-state index in [1.807, 2.05) is 30.3 Å². The summed E-state index contributed by atoms with van der Waals surface area (Å²) in [6.07, 6.45) is -0.826. The van der Waals surface area contributed by atoms with Gasteiger partial charge in [-0.05, 0) is 41.0 Å². The lowest BCUT2D eigenvalue weighted by molar-refractivity contribution is -0.141. The van der Waals surface area contributed by atoms with Crippen molar-refractivity contribution in [3.63, 3.8) is 0 Å². The van der Waals surface area contributed by atoms with Crippen LogP contribution < -0.4 is 0 Å². The molecule has 3 aromatic heterocycles. The number of hydrogen-bond acceptors (Lipinski definition) is 4. The number of aliphatic hydroxyl groups is 1. The largest absolute Gasteiger partial charge is 0.433 e. The molecule has 5 rings (SSSR count). The number of fused-ring (bicyclic) bond motifs is 1. The van der Waals surface area contributed by atoms with Crippen LogP contribution in [0.2, 0.25) is 10.2 Å². The second-order valence-electron chi connectivity index (χ2n) is 8.22. The third-order valence-electron chi connectivity index (χ3n) is 6.01. The highest BCUT2D eigenvalue weighted by Crippen LogP contribution is 2.43. The lowest BCUT2D eigenvalue weighted by atomic mass is 9.83. The molecule has 2 aromatic carbocycles. The maximum absolute atomic E-state index is 13.5. The van der Waals surface area contributed by atoms with E-state index in [1.54, 1.807) is 25.2 Å². The minimum atomic E-state index is -4.69. The zero-order valence-electron chi connectivity index (χ0n) is 18.6. The van der Waals surface area contributed by atoms with Crippen molar-refractivity contribution in [2.75, 3.05) is 0 Å². The first-order chi connectivity index (χ1) is 17.1. The number of halogens is 5. The van der Waals surface area contributed by atoms with Crippen LogP contribution in [0.5, 0.6) is 0 Å². The fraction of sp³-hybridized carbons (Fsp3) is 0.115. The average molecular weight is 529 g/mol. The molecule has 36 heavy (non-hydrogen) atoms. The normalized spacial score (nSPS) is 13.6. The maximum atomic E-state index is 13.5. The molecular formula is C26H17Cl2F3N4O. The smallest absolute Gasteiger partial charge is 0.374 e. The number of benzene rings is 2. The highest BCUT2D eigenvalue weighted by atomic mass is 35.5. The lowest BCUT2D eigenvalue weighted by Gasteiger charge is -2.30. The number of imidazole rings is 1. The molecule has 0 aliphatic carbocycles. The van der Waals surface area contributed by atoms with Gasteiger partial charge in [-0.3, -0.25) is 4.98 Å². The van der Waals surface area contributed by atoms with E-state index in [0.717, 1.165) is 17.8 Å². The van der Waals surface area contributed by atoms with Crippen LogP contribution in [0.15, 0.2) is 79.4 Å². The Morgan fingerprint density at radius 2 is 1.67 bits per heavy atom. The minimum absolute atomic E-state index is 0.0332. The van der Waals surface area contributed by atoms with E-state index in [4.69, 9.17) is 23.2 Å². The number of pyridine rings is 2. The summed E-state index contributed by atoms with van der Waals surface area (Å²) in [4.78, 5) is 12.0. The van der Waals surface area contributed by atoms with Crippen molar-refractivity contribution in [3.8, 4) is 11.1 Å². The zero-order chi connectivity index (χ0) is 25.7. The van der Waals surface area contributed by atoms with Crippen molar-refractivity contribution in [2.45, 2.75) is 11.8 Å². The molecule has 0 bridgehead atoms. The topological polar surface area (TPSA) is 63.8 Å². The molecule has 5 aromatic rings. The van der Waals surface area contributed by atoms with E-state index in [1.165, 1.54) is 23.2 Å². The third kappa shape index (κ3) is 4.01. The van der Waals surface area contributed by atoms with E-state index in [9.17, 15) is 18.3 Å². The van der Waals surface area contributed by atoms with Crippen LogP contribution in [0.1, 0.15) is 22.5 Å². The van der Waals surface area contributed by atoms with Gasteiger partial charge in [-0.2, -0.15) is 13.2 Å². The molecule has 182 valence electrons.